The predicted molar refractivity (Wildman–Crippen MR) is 108 cm³/mol. The number of amides is 1. The lowest BCUT2D eigenvalue weighted by Gasteiger charge is -2.22. The van der Waals surface area contributed by atoms with Crippen molar-refractivity contribution in [2.45, 2.75) is 18.9 Å². The van der Waals surface area contributed by atoms with Gasteiger partial charge in [-0.25, -0.2) is 4.79 Å². The molecule has 0 spiro atoms. The molecule has 1 saturated heterocycles. The molecule has 2 aromatic carbocycles. The highest BCUT2D eigenvalue weighted by molar-refractivity contribution is 7.12. The van der Waals surface area contributed by atoms with Gasteiger partial charge in [-0.2, -0.15) is 0 Å². The number of benzene rings is 2. The molecular weight excluding hydrogens is 374 g/mol. The molecule has 1 aromatic heterocycles. The van der Waals surface area contributed by atoms with Crippen molar-refractivity contribution < 1.29 is 19.1 Å². The molecule has 2 heterocycles. The Hall–Kier alpha value is -2.99. The Bertz CT molecular complexity index is 1020. The number of nitrogens with zero attached hydrogens (tertiary/aromatic N) is 1. The van der Waals surface area contributed by atoms with Gasteiger partial charge in [-0.15, -0.1) is 11.3 Å². The lowest BCUT2D eigenvalue weighted by atomic mass is 10.0. The number of ether oxygens (including phenoxy) is 1. The molecule has 1 atom stereocenters. The van der Waals surface area contributed by atoms with Crippen molar-refractivity contribution >= 4 is 39.8 Å². The van der Waals surface area contributed by atoms with Crippen molar-refractivity contribution in [2.24, 2.45) is 0 Å². The average Bonchev–Trinajstić information content (AvgIpc) is 3.43. The Labute approximate surface area is 166 Å². The van der Waals surface area contributed by atoms with Gasteiger partial charge in [0, 0.05) is 12.1 Å². The fraction of sp³-hybridized carbons (Fsp3) is 0.227. The van der Waals surface area contributed by atoms with Crippen molar-refractivity contribution in [3.8, 4) is 0 Å². The number of Topliss-reactive ketones (excluding diaryl/α,β-unsaturated/α-hetero) is 1. The van der Waals surface area contributed by atoms with E-state index >= 15 is 0 Å². The van der Waals surface area contributed by atoms with Crippen LogP contribution in [0.4, 0.5) is 0 Å². The topological polar surface area (TPSA) is 63.7 Å². The SMILES string of the molecule is O=C(COC(=O)C1CCCN1C(=O)c1cccs1)c1cccc2ccccc12. The van der Waals surface area contributed by atoms with E-state index in [4.69, 9.17) is 4.74 Å². The molecule has 0 saturated carbocycles. The van der Waals surface area contributed by atoms with Crippen molar-refractivity contribution in [3.63, 3.8) is 0 Å². The zero-order valence-corrected chi connectivity index (χ0v) is 16.0. The molecule has 6 heteroatoms. The summed E-state index contributed by atoms with van der Waals surface area (Å²) in [5.41, 5.74) is 0.531. The Kier molecular flexibility index (Phi) is 5.21. The molecule has 28 heavy (non-hydrogen) atoms. The molecule has 0 bridgehead atoms. The molecule has 3 aromatic rings. The zero-order valence-electron chi connectivity index (χ0n) is 15.2. The first kappa shape index (κ1) is 18.4. The number of likely N-dealkylation sites (tertiary alicyclic amines) is 1. The summed E-state index contributed by atoms with van der Waals surface area (Å²) >= 11 is 1.35. The van der Waals surface area contributed by atoms with Gasteiger partial charge in [0.05, 0.1) is 4.88 Å². The normalized spacial score (nSPS) is 16.3. The summed E-state index contributed by atoms with van der Waals surface area (Å²) in [7, 11) is 0. The molecular formula is C22H19NO4S. The van der Waals surface area contributed by atoms with E-state index in [1.165, 1.54) is 11.3 Å². The monoisotopic (exact) mass is 393 g/mol. The van der Waals surface area contributed by atoms with E-state index in [1.807, 2.05) is 47.8 Å². The van der Waals surface area contributed by atoms with E-state index in [2.05, 4.69) is 0 Å². The molecule has 1 aliphatic rings. The molecule has 0 aliphatic carbocycles. The quantitative estimate of drug-likeness (QED) is 0.487. The van der Waals surface area contributed by atoms with Crippen LogP contribution in [0.3, 0.4) is 0 Å². The summed E-state index contributed by atoms with van der Waals surface area (Å²) in [6.45, 7) is 0.193. The van der Waals surface area contributed by atoms with Crippen LogP contribution >= 0.6 is 11.3 Å². The molecule has 0 radical (unpaired) electrons. The fourth-order valence-electron chi connectivity index (χ4n) is 3.58. The van der Waals surface area contributed by atoms with Crippen LogP contribution in [0.1, 0.15) is 32.9 Å². The van der Waals surface area contributed by atoms with Crippen LogP contribution in [-0.2, 0) is 9.53 Å². The van der Waals surface area contributed by atoms with Crippen molar-refractivity contribution in [3.05, 3.63) is 70.4 Å². The first-order valence-corrected chi connectivity index (χ1v) is 10.0. The first-order valence-electron chi connectivity index (χ1n) is 9.17. The Balaban J connectivity index is 1.43. The van der Waals surface area contributed by atoms with Crippen LogP contribution in [0.5, 0.6) is 0 Å². The number of rotatable bonds is 5. The van der Waals surface area contributed by atoms with Gasteiger partial charge in [-0.05, 0) is 35.1 Å². The number of ketones is 1. The van der Waals surface area contributed by atoms with E-state index in [0.717, 1.165) is 17.2 Å². The van der Waals surface area contributed by atoms with Crippen LogP contribution in [-0.4, -0.2) is 41.8 Å². The summed E-state index contributed by atoms with van der Waals surface area (Å²) in [5, 5.41) is 3.63. The van der Waals surface area contributed by atoms with Crippen LogP contribution < -0.4 is 0 Å². The highest BCUT2D eigenvalue weighted by Crippen LogP contribution is 2.24. The number of carbonyl (C=O) groups is 3. The Morgan fingerprint density at radius 2 is 1.86 bits per heavy atom. The molecule has 1 aliphatic heterocycles. The molecule has 1 amide bonds. The minimum atomic E-state index is -0.630. The van der Waals surface area contributed by atoms with E-state index in [-0.39, 0.29) is 18.3 Å². The minimum absolute atomic E-state index is 0.158. The minimum Gasteiger partial charge on any atom is -0.456 e. The van der Waals surface area contributed by atoms with E-state index < -0.39 is 12.0 Å². The summed E-state index contributed by atoms with van der Waals surface area (Å²) in [5.74, 6) is -0.926. The maximum atomic E-state index is 12.6. The van der Waals surface area contributed by atoms with Crippen LogP contribution in [0.25, 0.3) is 10.8 Å². The van der Waals surface area contributed by atoms with Gasteiger partial charge in [-0.1, -0.05) is 48.5 Å². The summed E-state index contributed by atoms with van der Waals surface area (Å²) in [6.07, 6.45) is 1.30. The van der Waals surface area contributed by atoms with E-state index in [1.54, 1.807) is 17.0 Å². The smallest absolute Gasteiger partial charge is 0.329 e. The molecule has 1 unspecified atom stereocenters. The molecule has 4 rings (SSSR count). The van der Waals surface area contributed by atoms with E-state index in [9.17, 15) is 14.4 Å². The number of thiophene rings is 1. The number of fused-ring (bicyclic) bond motifs is 1. The van der Waals surface area contributed by atoms with E-state index in [0.29, 0.717) is 23.4 Å². The van der Waals surface area contributed by atoms with Gasteiger partial charge in [0.15, 0.2) is 6.61 Å². The van der Waals surface area contributed by atoms with Gasteiger partial charge < -0.3 is 9.64 Å². The molecule has 1 fully saturated rings. The maximum absolute atomic E-state index is 12.6. The summed E-state index contributed by atoms with van der Waals surface area (Å²) < 4.78 is 5.31. The fourth-order valence-corrected chi connectivity index (χ4v) is 4.25. The number of hydrogen-bond acceptors (Lipinski definition) is 5. The van der Waals surface area contributed by atoms with Crippen LogP contribution in [0.15, 0.2) is 60.0 Å². The lowest BCUT2D eigenvalue weighted by Crippen LogP contribution is -2.41. The van der Waals surface area contributed by atoms with Gasteiger partial charge in [-0.3, -0.25) is 9.59 Å². The average molecular weight is 393 g/mol. The highest BCUT2D eigenvalue weighted by atomic mass is 32.1. The second-order valence-corrected chi connectivity index (χ2v) is 7.64. The number of carbonyl (C=O) groups excluding carboxylic acids is 3. The summed E-state index contributed by atoms with van der Waals surface area (Å²) in [6, 6.07) is 16.0. The third kappa shape index (κ3) is 3.55. The van der Waals surface area contributed by atoms with Crippen LogP contribution in [0.2, 0.25) is 0 Å². The first-order chi connectivity index (χ1) is 13.6. The zero-order chi connectivity index (χ0) is 19.5. The second-order valence-electron chi connectivity index (χ2n) is 6.69. The largest absolute Gasteiger partial charge is 0.456 e. The third-order valence-electron chi connectivity index (χ3n) is 4.95. The maximum Gasteiger partial charge on any atom is 0.329 e. The van der Waals surface area contributed by atoms with Crippen molar-refractivity contribution in [1.82, 2.24) is 4.90 Å². The standard InChI is InChI=1S/C22H19NO4S/c24-19(17-9-3-7-15-6-1-2-8-16(15)17)14-27-22(26)18-10-4-12-23(18)21(25)20-11-5-13-28-20/h1-3,5-9,11,13,18H,4,10,12,14H2. The second kappa shape index (κ2) is 7.94. The van der Waals surface area contributed by atoms with Crippen LogP contribution in [0, 0.1) is 0 Å². The van der Waals surface area contributed by atoms with Gasteiger partial charge in [0.1, 0.15) is 6.04 Å². The lowest BCUT2D eigenvalue weighted by molar-refractivity contribution is -0.147. The predicted octanol–water partition coefficient (Wildman–Crippen LogP) is 3.93. The third-order valence-corrected chi connectivity index (χ3v) is 5.81. The number of hydrogen-bond donors (Lipinski definition) is 0. The Morgan fingerprint density at radius 1 is 1.04 bits per heavy atom. The van der Waals surface area contributed by atoms with Crippen molar-refractivity contribution in [2.75, 3.05) is 13.2 Å². The van der Waals surface area contributed by atoms with Crippen molar-refractivity contribution in [1.29, 1.82) is 0 Å². The highest BCUT2D eigenvalue weighted by Gasteiger charge is 2.36. The number of esters is 1. The molecule has 5 nitrogen and oxygen atoms in total. The molecule has 142 valence electrons. The molecule has 0 N–H and O–H groups in total. The summed E-state index contributed by atoms with van der Waals surface area (Å²) in [4.78, 5) is 39.9. The van der Waals surface area contributed by atoms with Gasteiger partial charge in [0.25, 0.3) is 5.91 Å². The van der Waals surface area contributed by atoms with Gasteiger partial charge >= 0.3 is 5.97 Å². The Morgan fingerprint density at radius 3 is 2.68 bits per heavy atom. The van der Waals surface area contributed by atoms with Gasteiger partial charge in [0.2, 0.25) is 5.78 Å².